The summed E-state index contributed by atoms with van der Waals surface area (Å²) in [6.45, 7) is 3.80. The van der Waals surface area contributed by atoms with Crippen molar-refractivity contribution in [1.29, 1.82) is 5.26 Å². The van der Waals surface area contributed by atoms with Crippen molar-refractivity contribution in [3.8, 4) is 6.07 Å². The van der Waals surface area contributed by atoms with Crippen LogP contribution in [-0.2, 0) is 16.4 Å². The summed E-state index contributed by atoms with van der Waals surface area (Å²) in [6, 6.07) is 5.81. The van der Waals surface area contributed by atoms with Gasteiger partial charge in [-0.1, -0.05) is 6.92 Å². The van der Waals surface area contributed by atoms with Crippen LogP contribution in [0.4, 0.5) is 23.2 Å². The lowest BCUT2D eigenvalue weighted by atomic mass is 9.78. The highest BCUT2D eigenvalue weighted by Gasteiger charge is 2.51. The number of piperidine rings is 1. The predicted molar refractivity (Wildman–Crippen MR) is 130 cm³/mol. The number of anilines is 1. The molecule has 5 rings (SSSR count). The second kappa shape index (κ2) is 8.78. The van der Waals surface area contributed by atoms with Gasteiger partial charge in [-0.2, -0.15) is 18.4 Å². The van der Waals surface area contributed by atoms with Gasteiger partial charge in [0.15, 0.2) is 0 Å². The molecule has 0 radical (unpaired) electrons. The van der Waals surface area contributed by atoms with E-state index in [9.17, 15) is 37.7 Å². The smallest absolute Gasteiger partial charge is 0.423 e. The van der Waals surface area contributed by atoms with Gasteiger partial charge in [0.2, 0.25) is 0 Å². The van der Waals surface area contributed by atoms with Crippen LogP contribution in [0.1, 0.15) is 62.0 Å². The van der Waals surface area contributed by atoms with Gasteiger partial charge < -0.3 is 20.3 Å². The van der Waals surface area contributed by atoms with Gasteiger partial charge in [-0.3, -0.25) is 9.79 Å². The highest BCUT2D eigenvalue weighted by molar-refractivity contribution is 6.58. The Balaban J connectivity index is 1.48. The fourth-order valence-electron chi connectivity index (χ4n) is 5.33. The molecule has 2 atom stereocenters. The van der Waals surface area contributed by atoms with Crippen LogP contribution >= 0.6 is 0 Å². The molecule has 1 aromatic heterocycles. The van der Waals surface area contributed by atoms with Crippen LogP contribution in [0.25, 0.3) is 0 Å². The number of nitrogens with zero attached hydrogens (tertiary/aromatic N) is 4. The number of pyridine rings is 1. The summed E-state index contributed by atoms with van der Waals surface area (Å²) in [6.07, 6.45) is -2.89. The normalized spacial score (nSPS) is 24.2. The standard InChI is InChI=1S/C25H24BF4N5O3/c1-13-11-24(7-8-35(13)18-10-14(26(37)38)9-17(27)16(18)12-31)22(36)33-21(34-24)15-3-4-19(25(28,29)30)32-20(15)23(2)5-6-23/h3-4,9-10,13,37-38H,5-8,11H2,1-2H3,(H,33,34,36)/t13-,24+/m0/s1. The van der Waals surface area contributed by atoms with E-state index in [2.05, 4.69) is 10.3 Å². The monoisotopic (exact) mass is 529 g/mol. The van der Waals surface area contributed by atoms with E-state index in [1.807, 2.05) is 13.0 Å². The first-order valence-electron chi connectivity index (χ1n) is 12.1. The Bertz CT molecular complexity index is 1400. The number of amides is 1. The first-order chi connectivity index (χ1) is 17.8. The average molecular weight is 529 g/mol. The molecule has 3 aliphatic rings. The van der Waals surface area contributed by atoms with Crippen molar-refractivity contribution in [3.05, 3.63) is 52.6 Å². The van der Waals surface area contributed by atoms with E-state index >= 15 is 0 Å². The molecule has 0 bridgehead atoms. The van der Waals surface area contributed by atoms with E-state index in [0.29, 0.717) is 18.4 Å². The molecule has 3 N–H and O–H groups in total. The van der Waals surface area contributed by atoms with Crippen molar-refractivity contribution in [2.75, 3.05) is 11.4 Å². The van der Waals surface area contributed by atoms with Crippen molar-refractivity contribution in [3.63, 3.8) is 0 Å². The van der Waals surface area contributed by atoms with Crippen molar-refractivity contribution in [1.82, 2.24) is 10.3 Å². The SMILES string of the molecule is C[C@H]1C[C@@]2(CCN1c1cc(B(O)O)cc(F)c1C#N)N=C(c1ccc(C(F)(F)F)nc1C1(C)CC1)NC2=O. The molecule has 8 nitrogen and oxygen atoms in total. The van der Waals surface area contributed by atoms with Gasteiger partial charge in [0.25, 0.3) is 5.91 Å². The zero-order chi connectivity index (χ0) is 27.6. The van der Waals surface area contributed by atoms with E-state index in [4.69, 9.17) is 4.99 Å². The second-order valence-corrected chi connectivity index (χ2v) is 10.5. The topological polar surface area (TPSA) is 122 Å². The van der Waals surface area contributed by atoms with E-state index in [0.717, 1.165) is 12.1 Å². The Morgan fingerprint density at radius 1 is 1.24 bits per heavy atom. The number of carbonyl (C=O) groups excluding carboxylic acids is 1. The number of halogens is 4. The molecular weight excluding hydrogens is 505 g/mol. The quantitative estimate of drug-likeness (QED) is 0.413. The molecule has 0 unspecified atom stereocenters. The Kier molecular flexibility index (Phi) is 6.03. The maximum absolute atomic E-state index is 14.6. The molecule has 2 aliphatic heterocycles. The molecular formula is C25H24BF4N5O3. The van der Waals surface area contributed by atoms with Crippen LogP contribution in [-0.4, -0.2) is 52.0 Å². The Morgan fingerprint density at radius 2 is 1.95 bits per heavy atom. The van der Waals surface area contributed by atoms with Gasteiger partial charge in [-0.15, -0.1) is 0 Å². The molecule has 1 aromatic carbocycles. The molecule has 2 fully saturated rings. The summed E-state index contributed by atoms with van der Waals surface area (Å²) < 4.78 is 54.6. The molecule has 1 spiro atoms. The lowest BCUT2D eigenvalue weighted by Gasteiger charge is -2.42. The molecule has 38 heavy (non-hydrogen) atoms. The largest absolute Gasteiger partial charge is 0.488 e. The highest BCUT2D eigenvalue weighted by atomic mass is 19.4. The zero-order valence-electron chi connectivity index (χ0n) is 20.6. The number of hydrogen-bond acceptors (Lipinski definition) is 7. The van der Waals surface area contributed by atoms with Crippen LogP contribution in [0.2, 0.25) is 0 Å². The summed E-state index contributed by atoms with van der Waals surface area (Å²) in [4.78, 5) is 23.6. The van der Waals surface area contributed by atoms with Crippen LogP contribution in [0.5, 0.6) is 0 Å². The molecule has 13 heteroatoms. The number of benzene rings is 1. The average Bonchev–Trinajstić information content (AvgIpc) is 3.52. The third-order valence-corrected chi connectivity index (χ3v) is 7.74. The third kappa shape index (κ3) is 4.31. The van der Waals surface area contributed by atoms with Gasteiger partial charge in [0, 0.05) is 30.0 Å². The van der Waals surface area contributed by atoms with Crippen molar-refractivity contribution in [2.24, 2.45) is 4.99 Å². The van der Waals surface area contributed by atoms with Crippen LogP contribution in [0.15, 0.2) is 29.3 Å². The van der Waals surface area contributed by atoms with Gasteiger partial charge >= 0.3 is 13.3 Å². The number of rotatable bonds is 4. The van der Waals surface area contributed by atoms with Crippen LogP contribution in [0, 0.1) is 17.1 Å². The second-order valence-electron chi connectivity index (χ2n) is 10.5. The van der Waals surface area contributed by atoms with Gasteiger partial charge in [0.1, 0.15) is 34.5 Å². The van der Waals surface area contributed by atoms with E-state index in [-0.39, 0.29) is 47.6 Å². The van der Waals surface area contributed by atoms with Crippen molar-refractivity contribution in [2.45, 2.75) is 62.7 Å². The molecule has 3 heterocycles. The van der Waals surface area contributed by atoms with Gasteiger partial charge in [-0.25, -0.2) is 9.37 Å². The Hall–Kier alpha value is -3.50. The summed E-state index contributed by atoms with van der Waals surface area (Å²) in [5, 5.41) is 31.3. The van der Waals surface area contributed by atoms with Gasteiger partial charge in [0.05, 0.1) is 11.4 Å². The van der Waals surface area contributed by atoms with E-state index in [1.165, 1.54) is 12.1 Å². The number of aromatic nitrogens is 1. The van der Waals surface area contributed by atoms with Crippen LogP contribution < -0.4 is 15.7 Å². The Labute approximate surface area is 216 Å². The lowest BCUT2D eigenvalue weighted by Crippen LogP contribution is -2.53. The first kappa shape index (κ1) is 26.1. The predicted octanol–water partition coefficient (Wildman–Crippen LogP) is 2.15. The number of nitrogens with one attached hydrogen (secondary N) is 1. The summed E-state index contributed by atoms with van der Waals surface area (Å²) in [5.41, 5.74) is -2.31. The van der Waals surface area contributed by atoms with Crippen LogP contribution in [0.3, 0.4) is 0 Å². The molecule has 1 saturated carbocycles. The fraction of sp³-hybridized carbons (Fsp3) is 0.440. The van der Waals surface area contributed by atoms with Crippen molar-refractivity contribution >= 4 is 30.0 Å². The molecule has 1 aliphatic carbocycles. The summed E-state index contributed by atoms with van der Waals surface area (Å²) in [5.74, 6) is -1.11. The molecule has 2 aromatic rings. The summed E-state index contributed by atoms with van der Waals surface area (Å²) in [7, 11) is -1.94. The first-order valence-corrected chi connectivity index (χ1v) is 12.1. The third-order valence-electron chi connectivity index (χ3n) is 7.74. The minimum absolute atomic E-state index is 0.112. The van der Waals surface area contributed by atoms with Crippen molar-refractivity contribution < 1.29 is 32.4 Å². The van der Waals surface area contributed by atoms with E-state index in [1.54, 1.807) is 11.8 Å². The van der Waals surface area contributed by atoms with Gasteiger partial charge in [-0.05, 0) is 55.9 Å². The number of hydrogen-bond donors (Lipinski definition) is 3. The number of aliphatic imine (C=N–C) groups is 1. The number of carbonyl (C=O) groups is 1. The number of amidine groups is 1. The molecule has 1 saturated heterocycles. The maximum atomic E-state index is 14.6. The van der Waals surface area contributed by atoms with E-state index < -0.39 is 47.7 Å². The maximum Gasteiger partial charge on any atom is 0.488 e. The minimum atomic E-state index is -4.60. The zero-order valence-corrected chi connectivity index (χ0v) is 20.6. The summed E-state index contributed by atoms with van der Waals surface area (Å²) >= 11 is 0. The Morgan fingerprint density at radius 3 is 2.53 bits per heavy atom. The number of alkyl halides is 3. The fourth-order valence-corrected chi connectivity index (χ4v) is 5.33. The lowest BCUT2D eigenvalue weighted by molar-refractivity contribution is -0.141. The molecule has 1 amide bonds. The highest BCUT2D eigenvalue weighted by Crippen LogP contribution is 2.49. The molecule has 198 valence electrons. The number of nitriles is 1. The minimum Gasteiger partial charge on any atom is -0.423 e.